The van der Waals surface area contributed by atoms with E-state index in [9.17, 15) is 23.6 Å². The molecule has 0 radical (unpaired) electrons. The van der Waals surface area contributed by atoms with Crippen molar-refractivity contribution in [3.8, 4) is 0 Å². The molecule has 4 rings (SSSR count). The Kier molecular flexibility index (Phi) is 6.73. The Hall–Kier alpha value is -4.28. The van der Waals surface area contributed by atoms with E-state index in [1.54, 1.807) is 19.9 Å². The van der Waals surface area contributed by atoms with Gasteiger partial charge in [0.15, 0.2) is 0 Å². The fraction of sp³-hybridized carbons (Fsp3) is 0.320. The van der Waals surface area contributed by atoms with Crippen LogP contribution in [0.4, 0.5) is 10.1 Å². The van der Waals surface area contributed by atoms with Crippen LogP contribution in [0.3, 0.4) is 0 Å². The zero-order chi connectivity index (χ0) is 26.1. The summed E-state index contributed by atoms with van der Waals surface area (Å²) in [5.41, 5.74) is -0.133. The van der Waals surface area contributed by atoms with Crippen LogP contribution in [0, 0.1) is 11.7 Å². The van der Waals surface area contributed by atoms with Gasteiger partial charge in [-0.25, -0.2) is 18.3 Å². The number of halogens is 1. The van der Waals surface area contributed by atoms with Crippen molar-refractivity contribution in [1.29, 1.82) is 0 Å². The lowest BCUT2D eigenvalue weighted by Gasteiger charge is -2.13. The lowest BCUT2D eigenvalue weighted by molar-refractivity contribution is -0.117. The molecule has 11 heteroatoms. The van der Waals surface area contributed by atoms with E-state index in [4.69, 9.17) is 0 Å². The minimum atomic E-state index is -0.640. The van der Waals surface area contributed by atoms with Gasteiger partial charge >= 0.3 is 5.69 Å². The number of carbonyl (C=O) groups is 2. The molecule has 36 heavy (non-hydrogen) atoms. The molecule has 2 amide bonds. The SMILES string of the molecule is CC(C)CNC(=O)c1ccc2c(=O)n(C(C)C)c3nn(CC(=O)Nc4ccc(F)cc4)c(=O)n3c2c1. The van der Waals surface area contributed by atoms with Crippen LogP contribution in [-0.4, -0.2) is 37.1 Å². The number of fused-ring (bicyclic) bond motifs is 3. The van der Waals surface area contributed by atoms with E-state index < -0.39 is 24.0 Å². The Morgan fingerprint density at radius 1 is 1.03 bits per heavy atom. The average Bonchev–Trinajstić information content (AvgIpc) is 3.13. The molecule has 4 aromatic rings. The monoisotopic (exact) mass is 494 g/mol. The Bertz CT molecular complexity index is 1580. The van der Waals surface area contributed by atoms with Gasteiger partial charge in [-0.2, -0.15) is 0 Å². The van der Waals surface area contributed by atoms with Crippen LogP contribution < -0.4 is 21.9 Å². The number of amides is 2. The predicted octanol–water partition coefficient (Wildman–Crippen LogP) is 2.56. The number of nitrogens with one attached hydrogen (secondary N) is 2. The van der Waals surface area contributed by atoms with E-state index in [2.05, 4.69) is 15.7 Å². The molecule has 0 unspecified atom stereocenters. The summed E-state index contributed by atoms with van der Waals surface area (Å²) in [6.07, 6.45) is 0. The van der Waals surface area contributed by atoms with Gasteiger partial charge in [0.05, 0.1) is 10.9 Å². The molecule has 0 aliphatic heterocycles. The molecule has 0 atom stereocenters. The van der Waals surface area contributed by atoms with Crippen molar-refractivity contribution < 1.29 is 14.0 Å². The van der Waals surface area contributed by atoms with Crippen LogP contribution in [0.5, 0.6) is 0 Å². The first-order valence-electron chi connectivity index (χ1n) is 11.6. The third-order valence-electron chi connectivity index (χ3n) is 5.60. The quantitative estimate of drug-likeness (QED) is 0.409. The third-order valence-corrected chi connectivity index (χ3v) is 5.60. The summed E-state index contributed by atoms with van der Waals surface area (Å²) in [6.45, 7) is 7.55. The summed E-state index contributed by atoms with van der Waals surface area (Å²) in [5.74, 6) is -1.02. The topological polar surface area (TPSA) is 120 Å². The smallest absolute Gasteiger partial charge is 0.352 e. The Balaban J connectivity index is 1.81. The molecule has 2 N–H and O–H groups in total. The molecule has 0 aliphatic carbocycles. The second-order valence-electron chi connectivity index (χ2n) is 9.24. The van der Waals surface area contributed by atoms with E-state index in [-0.39, 0.29) is 40.1 Å². The molecule has 2 aromatic carbocycles. The van der Waals surface area contributed by atoms with Crippen LogP contribution in [0.15, 0.2) is 52.1 Å². The van der Waals surface area contributed by atoms with Crippen molar-refractivity contribution in [2.75, 3.05) is 11.9 Å². The lowest BCUT2D eigenvalue weighted by Crippen LogP contribution is -2.30. The van der Waals surface area contributed by atoms with Gasteiger partial charge in [-0.05, 0) is 62.2 Å². The summed E-state index contributed by atoms with van der Waals surface area (Å²) in [5, 5.41) is 9.93. The zero-order valence-electron chi connectivity index (χ0n) is 20.4. The van der Waals surface area contributed by atoms with Gasteiger partial charge in [0.1, 0.15) is 12.4 Å². The number of hydrogen-bond donors (Lipinski definition) is 2. The third kappa shape index (κ3) is 4.77. The highest BCUT2D eigenvalue weighted by molar-refractivity contribution is 5.98. The highest BCUT2D eigenvalue weighted by atomic mass is 19.1. The van der Waals surface area contributed by atoms with Crippen LogP contribution >= 0.6 is 0 Å². The largest absolute Gasteiger partial charge is 0.352 e. The summed E-state index contributed by atoms with van der Waals surface area (Å²) < 4.78 is 16.7. The highest BCUT2D eigenvalue weighted by Gasteiger charge is 2.21. The molecule has 0 bridgehead atoms. The normalized spacial score (nSPS) is 11.5. The number of anilines is 1. The zero-order valence-corrected chi connectivity index (χ0v) is 20.4. The maximum atomic E-state index is 13.4. The van der Waals surface area contributed by atoms with E-state index in [1.165, 1.54) is 45.4 Å². The lowest BCUT2D eigenvalue weighted by atomic mass is 10.1. The number of carbonyl (C=O) groups excluding carboxylic acids is 2. The maximum absolute atomic E-state index is 13.4. The van der Waals surface area contributed by atoms with Gasteiger partial charge in [0.2, 0.25) is 11.7 Å². The van der Waals surface area contributed by atoms with Crippen molar-refractivity contribution in [2.24, 2.45) is 5.92 Å². The van der Waals surface area contributed by atoms with Crippen LogP contribution in [0.1, 0.15) is 44.1 Å². The van der Waals surface area contributed by atoms with Crippen LogP contribution in [-0.2, 0) is 11.3 Å². The Morgan fingerprint density at radius 3 is 2.36 bits per heavy atom. The molecule has 0 spiro atoms. The van der Waals surface area contributed by atoms with E-state index in [0.29, 0.717) is 17.8 Å². The summed E-state index contributed by atoms with van der Waals surface area (Å²) in [7, 11) is 0. The summed E-state index contributed by atoms with van der Waals surface area (Å²) in [6, 6.07) is 9.42. The molecule has 2 heterocycles. The minimum Gasteiger partial charge on any atom is -0.352 e. The number of rotatable bonds is 7. The van der Waals surface area contributed by atoms with Gasteiger partial charge in [0.25, 0.3) is 11.5 Å². The van der Waals surface area contributed by atoms with Gasteiger partial charge < -0.3 is 10.6 Å². The van der Waals surface area contributed by atoms with Gasteiger partial charge in [-0.3, -0.25) is 19.0 Å². The van der Waals surface area contributed by atoms with Crippen molar-refractivity contribution in [3.05, 3.63) is 74.7 Å². The van der Waals surface area contributed by atoms with Crippen molar-refractivity contribution in [2.45, 2.75) is 40.3 Å². The van der Waals surface area contributed by atoms with Gasteiger partial charge in [-0.1, -0.05) is 13.8 Å². The molecule has 188 valence electrons. The molecule has 10 nitrogen and oxygen atoms in total. The van der Waals surface area contributed by atoms with Crippen LogP contribution in [0.25, 0.3) is 16.7 Å². The standard InChI is InChI=1S/C25H27FN6O4/c1-14(2)12-27-22(34)16-5-10-19-20(11-16)32-24(31(15(3)4)23(19)35)29-30(25(32)36)13-21(33)28-18-8-6-17(26)7-9-18/h5-11,14-15H,12-13H2,1-4H3,(H,27,34)(H,28,33). The minimum absolute atomic E-state index is 0.0572. The first kappa shape index (κ1) is 24.8. The fourth-order valence-electron chi connectivity index (χ4n) is 3.86. The number of hydrogen-bond acceptors (Lipinski definition) is 5. The van der Waals surface area contributed by atoms with Gasteiger partial charge in [-0.15, -0.1) is 5.10 Å². The number of benzene rings is 2. The molecular formula is C25H27FN6O4. The van der Waals surface area contributed by atoms with E-state index in [0.717, 1.165) is 4.68 Å². The molecule has 0 fully saturated rings. The Labute approximate surface area is 205 Å². The number of nitrogens with zero attached hydrogens (tertiary/aromatic N) is 4. The second-order valence-corrected chi connectivity index (χ2v) is 9.24. The van der Waals surface area contributed by atoms with Crippen molar-refractivity contribution in [3.63, 3.8) is 0 Å². The molecular weight excluding hydrogens is 467 g/mol. The molecule has 0 saturated heterocycles. The first-order valence-corrected chi connectivity index (χ1v) is 11.6. The maximum Gasteiger partial charge on any atom is 0.352 e. The van der Waals surface area contributed by atoms with Crippen molar-refractivity contribution >= 4 is 34.2 Å². The summed E-state index contributed by atoms with van der Waals surface area (Å²) >= 11 is 0. The predicted molar refractivity (Wildman–Crippen MR) is 134 cm³/mol. The van der Waals surface area contributed by atoms with Crippen LogP contribution in [0.2, 0.25) is 0 Å². The summed E-state index contributed by atoms with van der Waals surface area (Å²) in [4.78, 5) is 51.9. The van der Waals surface area contributed by atoms with Gasteiger partial charge in [0, 0.05) is 23.8 Å². The molecule has 0 aliphatic rings. The Morgan fingerprint density at radius 2 is 1.72 bits per heavy atom. The van der Waals surface area contributed by atoms with E-state index in [1.807, 2.05) is 13.8 Å². The van der Waals surface area contributed by atoms with Crippen molar-refractivity contribution in [1.82, 2.24) is 24.1 Å². The highest BCUT2D eigenvalue weighted by Crippen LogP contribution is 2.17. The second kappa shape index (κ2) is 9.76. The first-order chi connectivity index (χ1) is 17.1. The fourth-order valence-corrected chi connectivity index (χ4v) is 3.86. The molecule has 0 saturated carbocycles. The van der Waals surface area contributed by atoms with E-state index >= 15 is 0 Å². The molecule has 2 aromatic heterocycles. The number of aromatic nitrogens is 4. The average molecular weight is 495 g/mol.